The zero-order valence-electron chi connectivity index (χ0n) is 13.5. The van der Waals surface area contributed by atoms with Crippen molar-refractivity contribution in [2.45, 2.75) is 91.0 Å². The number of hydrogen-bond acceptors (Lipinski definition) is 1. The fraction of sp³-hybridized carbons (Fsp3) is 1.00. The van der Waals surface area contributed by atoms with Crippen LogP contribution in [0.15, 0.2) is 0 Å². The van der Waals surface area contributed by atoms with E-state index in [1.54, 1.807) is 0 Å². The molecule has 0 aromatic rings. The minimum Gasteiger partial charge on any atom is -0.314 e. The summed E-state index contributed by atoms with van der Waals surface area (Å²) in [6.07, 6.45) is 14.5. The van der Waals surface area contributed by atoms with Gasteiger partial charge in [-0.05, 0) is 62.3 Å². The predicted octanol–water partition coefficient (Wildman–Crippen LogP) is 5.15. The molecule has 2 rings (SSSR count). The third-order valence-corrected chi connectivity index (χ3v) is 5.62. The standard InChI is InChI=1S/C18H35N/c1-18(2,3)16-12-10-15(11-13-16)14-19-17-8-6-4-5-7-9-17/h15-17,19H,4-14H2,1-3H3. The third kappa shape index (κ3) is 5.10. The van der Waals surface area contributed by atoms with Gasteiger partial charge in [0, 0.05) is 6.04 Å². The lowest BCUT2D eigenvalue weighted by atomic mass is 9.70. The van der Waals surface area contributed by atoms with E-state index in [1.165, 1.54) is 70.8 Å². The number of nitrogens with one attached hydrogen (secondary N) is 1. The van der Waals surface area contributed by atoms with E-state index in [2.05, 4.69) is 26.1 Å². The second-order valence-electron chi connectivity index (χ2n) is 8.18. The normalized spacial score (nSPS) is 31.1. The summed E-state index contributed by atoms with van der Waals surface area (Å²) in [6.45, 7) is 8.55. The van der Waals surface area contributed by atoms with Gasteiger partial charge in [0.15, 0.2) is 0 Å². The quantitative estimate of drug-likeness (QED) is 0.696. The largest absolute Gasteiger partial charge is 0.314 e. The van der Waals surface area contributed by atoms with Crippen molar-refractivity contribution in [3.05, 3.63) is 0 Å². The summed E-state index contributed by atoms with van der Waals surface area (Å²) < 4.78 is 0. The molecule has 0 unspecified atom stereocenters. The molecular formula is C18H35N. The second kappa shape index (κ2) is 7.11. The fourth-order valence-electron chi connectivity index (χ4n) is 4.05. The molecule has 2 saturated carbocycles. The fourth-order valence-corrected chi connectivity index (χ4v) is 4.05. The van der Waals surface area contributed by atoms with Crippen LogP contribution in [0.25, 0.3) is 0 Å². The van der Waals surface area contributed by atoms with Crippen LogP contribution in [0.4, 0.5) is 0 Å². The van der Waals surface area contributed by atoms with Gasteiger partial charge in [-0.3, -0.25) is 0 Å². The highest BCUT2D eigenvalue weighted by Crippen LogP contribution is 2.39. The van der Waals surface area contributed by atoms with Crippen molar-refractivity contribution in [2.24, 2.45) is 17.3 Å². The van der Waals surface area contributed by atoms with Crippen molar-refractivity contribution in [3.8, 4) is 0 Å². The van der Waals surface area contributed by atoms with E-state index in [4.69, 9.17) is 0 Å². The molecule has 0 amide bonds. The molecule has 0 bridgehead atoms. The predicted molar refractivity (Wildman–Crippen MR) is 84.4 cm³/mol. The number of rotatable bonds is 3. The Morgan fingerprint density at radius 3 is 1.89 bits per heavy atom. The third-order valence-electron chi connectivity index (χ3n) is 5.62. The lowest BCUT2D eigenvalue weighted by Gasteiger charge is -2.37. The molecular weight excluding hydrogens is 230 g/mol. The Kier molecular flexibility index (Phi) is 5.74. The van der Waals surface area contributed by atoms with E-state index < -0.39 is 0 Å². The Morgan fingerprint density at radius 2 is 1.37 bits per heavy atom. The minimum atomic E-state index is 0.527. The van der Waals surface area contributed by atoms with Crippen LogP contribution >= 0.6 is 0 Å². The summed E-state index contributed by atoms with van der Waals surface area (Å²) in [7, 11) is 0. The van der Waals surface area contributed by atoms with Gasteiger partial charge < -0.3 is 5.32 Å². The van der Waals surface area contributed by atoms with Crippen molar-refractivity contribution in [1.29, 1.82) is 0 Å². The van der Waals surface area contributed by atoms with Gasteiger partial charge in [0.05, 0.1) is 0 Å². The molecule has 0 spiro atoms. The Labute approximate surface area is 120 Å². The molecule has 0 aromatic heterocycles. The molecule has 2 aliphatic rings. The molecule has 0 heterocycles. The van der Waals surface area contributed by atoms with Crippen molar-refractivity contribution in [3.63, 3.8) is 0 Å². The van der Waals surface area contributed by atoms with Crippen molar-refractivity contribution >= 4 is 0 Å². The van der Waals surface area contributed by atoms with Gasteiger partial charge in [-0.25, -0.2) is 0 Å². The van der Waals surface area contributed by atoms with E-state index in [9.17, 15) is 0 Å². The van der Waals surface area contributed by atoms with Crippen LogP contribution in [0.5, 0.6) is 0 Å². The zero-order valence-corrected chi connectivity index (χ0v) is 13.5. The van der Waals surface area contributed by atoms with Gasteiger partial charge in [0.25, 0.3) is 0 Å². The smallest absolute Gasteiger partial charge is 0.00671 e. The Balaban J connectivity index is 1.65. The van der Waals surface area contributed by atoms with Crippen LogP contribution in [0.1, 0.15) is 85.0 Å². The molecule has 2 fully saturated rings. The second-order valence-corrected chi connectivity index (χ2v) is 8.18. The first-order valence-corrected chi connectivity index (χ1v) is 8.79. The Morgan fingerprint density at radius 1 is 0.789 bits per heavy atom. The van der Waals surface area contributed by atoms with Gasteiger partial charge in [0.1, 0.15) is 0 Å². The average Bonchev–Trinajstić information content (AvgIpc) is 2.64. The van der Waals surface area contributed by atoms with E-state index in [0.717, 1.165) is 17.9 Å². The molecule has 112 valence electrons. The monoisotopic (exact) mass is 265 g/mol. The lowest BCUT2D eigenvalue weighted by molar-refractivity contribution is 0.147. The SMILES string of the molecule is CC(C)(C)C1CCC(CNC2CCCCCC2)CC1. The maximum atomic E-state index is 3.88. The van der Waals surface area contributed by atoms with Crippen LogP contribution in [-0.4, -0.2) is 12.6 Å². The summed E-state index contributed by atoms with van der Waals surface area (Å²) in [5, 5.41) is 3.88. The van der Waals surface area contributed by atoms with Gasteiger partial charge in [-0.2, -0.15) is 0 Å². The average molecular weight is 265 g/mol. The summed E-state index contributed by atoms with van der Waals surface area (Å²) in [5.74, 6) is 1.92. The summed E-state index contributed by atoms with van der Waals surface area (Å²) >= 11 is 0. The first kappa shape index (κ1) is 15.4. The Hall–Kier alpha value is -0.0400. The minimum absolute atomic E-state index is 0.527. The van der Waals surface area contributed by atoms with E-state index >= 15 is 0 Å². The van der Waals surface area contributed by atoms with Gasteiger partial charge >= 0.3 is 0 Å². The maximum absolute atomic E-state index is 3.88. The molecule has 2 aliphatic carbocycles. The zero-order chi connectivity index (χ0) is 13.7. The molecule has 0 aliphatic heterocycles. The summed E-state index contributed by atoms with van der Waals surface area (Å²) in [4.78, 5) is 0. The van der Waals surface area contributed by atoms with Crippen LogP contribution < -0.4 is 5.32 Å². The highest BCUT2D eigenvalue weighted by molar-refractivity contribution is 4.82. The molecule has 0 aromatic carbocycles. The Bertz CT molecular complexity index is 237. The van der Waals surface area contributed by atoms with E-state index in [0.29, 0.717) is 5.41 Å². The van der Waals surface area contributed by atoms with Gasteiger partial charge in [-0.1, -0.05) is 46.5 Å². The first-order valence-electron chi connectivity index (χ1n) is 8.79. The highest BCUT2D eigenvalue weighted by atomic mass is 14.9. The van der Waals surface area contributed by atoms with E-state index in [1.807, 2.05) is 0 Å². The van der Waals surface area contributed by atoms with Gasteiger partial charge in [0.2, 0.25) is 0 Å². The molecule has 19 heavy (non-hydrogen) atoms. The van der Waals surface area contributed by atoms with Crippen molar-refractivity contribution in [2.75, 3.05) is 6.54 Å². The van der Waals surface area contributed by atoms with Crippen molar-refractivity contribution in [1.82, 2.24) is 5.32 Å². The summed E-state index contributed by atoms with van der Waals surface area (Å²) in [6, 6.07) is 0.836. The van der Waals surface area contributed by atoms with Crippen LogP contribution in [0, 0.1) is 17.3 Å². The van der Waals surface area contributed by atoms with E-state index in [-0.39, 0.29) is 0 Å². The van der Waals surface area contributed by atoms with Gasteiger partial charge in [-0.15, -0.1) is 0 Å². The molecule has 1 nitrogen and oxygen atoms in total. The first-order chi connectivity index (χ1) is 9.05. The maximum Gasteiger partial charge on any atom is 0.00671 e. The van der Waals surface area contributed by atoms with Crippen LogP contribution in [-0.2, 0) is 0 Å². The lowest BCUT2D eigenvalue weighted by Crippen LogP contribution is -2.35. The molecule has 0 atom stereocenters. The summed E-state index contributed by atoms with van der Waals surface area (Å²) in [5.41, 5.74) is 0.527. The molecule has 0 saturated heterocycles. The van der Waals surface area contributed by atoms with Crippen molar-refractivity contribution < 1.29 is 0 Å². The number of hydrogen-bond donors (Lipinski definition) is 1. The topological polar surface area (TPSA) is 12.0 Å². The molecule has 1 heteroatoms. The molecule has 0 radical (unpaired) electrons. The van der Waals surface area contributed by atoms with Crippen LogP contribution in [0.2, 0.25) is 0 Å². The highest BCUT2D eigenvalue weighted by Gasteiger charge is 2.29. The molecule has 1 N–H and O–H groups in total. The van der Waals surface area contributed by atoms with Crippen LogP contribution in [0.3, 0.4) is 0 Å².